The molecule has 4 nitrogen and oxygen atoms in total. The molecular formula is C17H21N3O. The van der Waals surface area contributed by atoms with Crippen LogP contribution in [0.3, 0.4) is 0 Å². The molecule has 2 aromatic rings. The molecule has 0 fully saturated rings. The molecule has 0 spiro atoms. The minimum absolute atomic E-state index is 0.143. The van der Waals surface area contributed by atoms with Gasteiger partial charge in [-0.2, -0.15) is 0 Å². The SMILES string of the molecule is CC(Nc1cccc(C(N)=O)c1)c1ccc(N(C)C)cc1. The van der Waals surface area contributed by atoms with E-state index in [-0.39, 0.29) is 6.04 Å². The zero-order valence-corrected chi connectivity index (χ0v) is 12.6. The topological polar surface area (TPSA) is 58.4 Å². The third-order valence-electron chi connectivity index (χ3n) is 3.44. The second-order valence-electron chi connectivity index (χ2n) is 5.30. The molecule has 0 radical (unpaired) electrons. The quantitative estimate of drug-likeness (QED) is 0.886. The van der Waals surface area contributed by atoms with Crippen molar-refractivity contribution >= 4 is 17.3 Å². The van der Waals surface area contributed by atoms with E-state index in [9.17, 15) is 4.79 Å². The maximum absolute atomic E-state index is 11.2. The molecule has 0 aromatic heterocycles. The van der Waals surface area contributed by atoms with Crippen LogP contribution in [-0.2, 0) is 0 Å². The summed E-state index contributed by atoms with van der Waals surface area (Å²) in [7, 11) is 4.04. The summed E-state index contributed by atoms with van der Waals surface area (Å²) in [5.41, 5.74) is 9.05. The molecular weight excluding hydrogens is 262 g/mol. The smallest absolute Gasteiger partial charge is 0.248 e. The predicted octanol–water partition coefficient (Wildman–Crippen LogP) is 3.02. The number of nitrogens with two attached hydrogens (primary N) is 1. The number of amides is 1. The predicted molar refractivity (Wildman–Crippen MR) is 87.8 cm³/mol. The zero-order chi connectivity index (χ0) is 15.4. The summed E-state index contributed by atoms with van der Waals surface area (Å²) in [4.78, 5) is 13.3. The number of primary amides is 1. The molecule has 3 N–H and O–H groups in total. The Balaban J connectivity index is 2.12. The fourth-order valence-electron chi connectivity index (χ4n) is 2.16. The Morgan fingerprint density at radius 2 is 1.81 bits per heavy atom. The molecule has 0 saturated heterocycles. The molecule has 0 aliphatic carbocycles. The zero-order valence-electron chi connectivity index (χ0n) is 12.6. The van der Waals surface area contributed by atoms with Crippen molar-refractivity contribution in [1.29, 1.82) is 0 Å². The van der Waals surface area contributed by atoms with Crippen LogP contribution in [0.4, 0.5) is 11.4 Å². The summed E-state index contributed by atoms with van der Waals surface area (Å²) in [6.45, 7) is 2.08. The molecule has 4 heteroatoms. The van der Waals surface area contributed by atoms with E-state index in [1.807, 2.05) is 26.2 Å². The van der Waals surface area contributed by atoms with Gasteiger partial charge in [-0.15, -0.1) is 0 Å². The van der Waals surface area contributed by atoms with Crippen LogP contribution >= 0.6 is 0 Å². The molecule has 21 heavy (non-hydrogen) atoms. The maximum atomic E-state index is 11.2. The summed E-state index contributed by atoms with van der Waals surface area (Å²) in [5.74, 6) is -0.415. The summed E-state index contributed by atoms with van der Waals surface area (Å²) in [5, 5.41) is 3.38. The van der Waals surface area contributed by atoms with Crippen LogP contribution in [0, 0.1) is 0 Å². The van der Waals surface area contributed by atoms with Gasteiger partial charge in [-0.05, 0) is 42.8 Å². The molecule has 1 amide bonds. The van der Waals surface area contributed by atoms with E-state index >= 15 is 0 Å². The Morgan fingerprint density at radius 3 is 2.38 bits per heavy atom. The fraction of sp³-hybridized carbons (Fsp3) is 0.235. The van der Waals surface area contributed by atoms with Crippen LogP contribution in [0.2, 0.25) is 0 Å². The first-order chi connectivity index (χ1) is 9.97. The summed E-state index contributed by atoms with van der Waals surface area (Å²) >= 11 is 0. The maximum Gasteiger partial charge on any atom is 0.248 e. The highest BCUT2D eigenvalue weighted by Crippen LogP contribution is 2.22. The first kappa shape index (κ1) is 14.9. The van der Waals surface area contributed by atoms with Crippen LogP contribution in [0.25, 0.3) is 0 Å². The van der Waals surface area contributed by atoms with E-state index in [2.05, 4.69) is 41.4 Å². The van der Waals surface area contributed by atoms with Crippen LogP contribution in [0.15, 0.2) is 48.5 Å². The highest BCUT2D eigenvalue weighted by atomic mass is 16.1. The molecule has 1 atom stereocenters. The molecule has 0 heterocycles. The second kappa shape index (κ2) is 6.31. The van der Waals surface area contributed by atoms with Crippen molar-refractivity contribution in [2.45, 2.75) is 13.0 Å². The molecule has 0 bridgehead atoms. The Morgan fingerprint density at radius 1 is 1.14 bits per heavy atom. The highest BCUT2D eigenvalue weighted by Gasteiger charge is 2.07. The number of nitrogens with one attached hydrogen (secondary N) is 1. The number of hydrogen-bond donors (Lipinski definition) is 2. The van der Waals surface area contributed by atoms with Crippen molar-refractivity contribution in [1.82, 2.24) is 0 Å². The minimum atomic E-state index is -0.415. The molecule has 1 unspecified atom stereocenters. The van der Waals surface area contributed by atoms with Crippen molar-refractivity contribution in [2.75, 3.05) is 24.3 Å². The largest absolute Gasteiger partial charge is 0.379 e. The van der Waals surface area contributed by atoms with Gasteiger partial charge in [-0.25, -0.2) is 0 Å². The average Bonchev–Trinajstić information content (AvgIpc) is 2.47. The number of rotatable bonds is 5. The van der Waals surface area contributed by atoms with Gasteiger partial charge in [0.05, 0.1) is 0 Å². The lowest BCUT2D eigenvalue weighted by atomic mass is 10.1. The Hall–Kier alpha value is -2.49. The van der Waals surface area contributed by atoms with E-state index in [0.29, 0.717) is 5.56 Å². The molecule has 0 aliphatic heterocycles. The van der Waals surface area contributed by atoms with Crippen molar-refractivity contribution in [3.05, 3.63) is 59.7 Å². The van der Waals surface area contributed by atoms with Crippen molar-refractivity contribution in [3.63, 3.8) is 0 Å². The van der Waals surface area contributed by atoms with Crippen LogP contribution in [0.1, 0.15) is 28.9 Å². The second-order valence-corrected chi connectivity index (χ2v) is 5.30. The first-order valence-corrected chi connectivity index (χ1v) is 6.91. The monoisotopic (exact) mass is 283 g/mol. The van der Waals surface area contributed by atoms with Crippen molar-refractivity contribution in [2.24, 2.45) is 5.73 Å². The number of carbonyl (C=O) groups is 1. The number of carbonyl (C=O) groups excluding carboxylic acids is 1. The normalized spacial score (nSPS) is 11.8. The van der Waals surface area contributed by atoms with Crippen LogP contribution in [0.5, 0.6) is 0 Å². The van der Waals surface area contributed by atoms with E-state index in [1.165, 1.54) is 11.3 Å². The Labute approximate surface area is 125 Å². The van der Waals surface area contributed by atoms with Gasteiger partial charge in [0.2, 0.25) is 5.91 Å². The number of hydrogen-bond acceptors (Lipinski definition) is 3. The third kappa shape index (κ3) is 3.75. The summed E-state index contributed by atoms with van der Waals surface area (Å²) < 4.78 is 0. The Kier molecular flexibility index (Phi) is 4.48. The van der Waals surface area contributed by atoms with Gasteiger partial charge in [-0.3, -0.25) is 4.79 Å². The van der Waals surface area contributed by atoms with Crippen LogP contribution < -0.4 is 16.0 Å². The Bertz CT molecular complexity index is 620. The van der Waals surface area contributed by atoms with Crippen molar-refractivity contribution in [3.8, 4) is 0 Å². The number of benzene rings is 2. The van der Waals surface area contributed by atoms with Gasteiger partial charge in [0.1, 0.15) is 0 Å². The number of anilines is 2. The minimum Gasteiger partial charge on any atom is -0.379 e. The van der Waals surface area contributed by atoms with E-state index in [4.69, 9.17) is 5.73 Å². The average molecular weight is 283 g/mol. The van der Waals surface area contributed by atoms with Gasteiger partial charge in [0.25, 0.3) is 0 Å². The molecule has 110 valence electrons. The summed E-state index contributed by atoms with van der Waals surface area (Å²) in [6.07, 6.45) is 0. The van der Waals surface area contributed by atoms with Gasteiger partial charge < -0.3 is 16.0 Å². The van der Waals surface area contributed by atoms with E-state index < -0.39 is 5.91 Å². The number of nitrogens with zero attached hydrogens (tertiary/aromatic N) is 1. The van der Waals surface area contributed by atoms with Crippen molar-refractivity contribution < 1.29 is 4.79 Å². The van der Waals surface area contributed by atoms with Gasteiger partial charge in [-0.1, -0.05) is 18.2 Å². The fourth-order valence-corrected chi connectivity index (χ4v) is 2.16. The highest BCUT2D eigenvalue weighted by molar-refractivity contribution is 5.93. The first-order valence-electron chi connectivity index (χ1n) is 6.91. The molecule has 2 rings (SSSR count). The summed E-state index contributed by atoms with van der Waals surface area (Å²) in [6, 6.07) is 15.8. The van der Waals surface area contributed by atoms with Crippen LogP contribution in [-0.4, -0.2) is 20.0 Å². The van der Waals surface area contributed by atoms with E-state index in [1.54, 1.807) is 12.1 Å². The lowest BCUT2D eigenvalue weighted by Gasteiger charge is -2.18. The van der Waals surface area contributed by atoms with Gasteiger partial charge in [0.15, 0.2) is 0 Å². The van der Waals surface area contributed by atoms with E-state index in [0.717, 1.165) is 5.69 Å². The molecule has 2 aromatic carbocycles. The lowest BCUT2D eigenvalue weighted by molar-refractivity contribution is 0.100. The van der Waals surface area contributed by atoms with Gasteiger partial charge in [0, 0.05) is 37.1 Å². The van der Waals surface area contributed by atoms with Gasteiger partial charge >= 0.3 is 0 Å². The third-order valence-corrected chi connectivity index (χ3v) is 3.44. The lowest BCUT2D eigenvalue weighted by Crippen LogP contribution is -2.12. The molecule has 0 saturated carbocycles. The standard InChI is InChI=1S/C17H21N3O/c1-12(13-7-9-16(10-8-13)20(2)3)19-15-6-4-5-14(11-15)17(18)21/h4-12,19H,1-3H3,(H2,18,21). The molecule has 0 aliphatic rings.